The van der Waals surface area contributed by atoms with Gasteiger partial charge < -0.3 is 4.90 Å². The van der Waals surface area contributed by atoms with Crippen molar-refractivity contribution in [1.82, 2.24) is 4.90 Å². The maximum absolute atomic E-state index is 13.0. The maximum atomic E-state index is 13.0. The molecule has 0 spiro atoms. The second-order valence-corrected chi connectivity index (χ2v) is 4.04. The van der Waals surface area contributed by atoms with E-state index in [1.54, 1.807) is 27.1 Å². The average molecular weight is 230 g/mol. The minimum absolute atomic E-state index is 0.206. The molecule has 0 heterocycles. The SMILES string of the molecule is Cc1cc(C(Cl)C(=O)N(C)C)ccc1F. The number of likely N-dealkylation sites (N-methyl/N-ethyl adjacent to an activating group) is 1. The number of nitrogens with zero attached hydrogens (tertiary/aromatic N) is 1. The van der Waals surface area contributed by atoms with Gasteiger partial charge in [0.15, 0.2) is 0 Å². The lowest BCUT2D eigenvalue weighted by molar-refractivity contribution is -0.128. The highest BCUT2D eigenvalue weighted by molar-refractivity contribution is 6.30. The molecule has 4 heteroatoms. The Labute approximate surface area is 93.6 Å². The first-order chi connectivity index (χ1) is 6.93. The Morgan fingerprint density at radius 2 is 2.07 bits per heavy atom. The molecule has 0 bridgehead atoms. The van der Waals surface area contributed by atoms with E-state index in [9.17, 15) is 9.18 Å². The van der Waals surface area contributed by atoms with Crippen molar-refractivity contribution < 1.29 is 9.18 Å². The molecule has 15 heavy (non-hydrogen) atoms. The van der Waals surface area contributed by atoms with Crippen molar-refractivity contribution in [3.63, 3.8) is 0 Å². The molecule has 0 aliphatic carbocycles. The molecule has 0 saturated carbocycles. The van der Waals surface area contributed by atoms with Crippen LogP contribution in [0.4, 0.5) is 4.39 Å². The van der Waals surface area contributed by atoms with Crippen LogP contribution in [0.25, 0.3) is 0 Å². The Balaban J connectivity index is 2.97. The number of aryl methyl sites for hydroxylation is 1. The summed E-state index contributed by atoms with van der Waals surface area (Å²) in [5.41, 5.74) is 1.11. The van der Waals surface area contributed by atoms with Crippen molar-refractivity contribution in [3.05, 3.63) is 35.1 Å². The monoisotopic (exact) mass is 229 g/mol. The molecule has 1 unspecified atom stereocenters. The summed E-state index contributed by atoms with van der Waals surface area (Å²) in [5, 5.41) is -0.751. The number of rotatable bonds is 2. The Morgan fingerprint density at radius 3 is 2.53 bits per heavy atom. The molecule has 1 aromatic carbocycles. The van der Waals surface area contributed by atoms with E-state index >= 15 is 0 Å². The lowest BCUT2D eigenvalue weighted by atomic mass is 10.1. The van der Waals surface area contributed by atoms with Crippen molar-refractivity contribution in [3.8, 4) is 0 Å². The number of halogens is 2. The van der Waals surface area contributed by atoms with Gasteiger partial charge in [-0.15, -0.1) is 11.6 Å². The minimum atomic E-state index is -0.751. The Bertz CT molecular complexity index is 379. The van der Waals surface area contributed by atoms with E-state index in [-0.39, 0.29) is 11.7 Å². The zero-order chi connectivity index (χ0) is 11.6. The second kappa shape index (κ2) is 4.62. The molecule has 0 saturated heterocycles. The van der Waals surface area contributed by atoms with Gasteiger partial charge in [-0.1, -0.05) is 12.1 Å². The summed E-state index contributed by atoms with van der Waals surface area (Å²) in [5.74, 6) is -0.498. The molecular formula is C11H13ClFNO. The molecule has 2 nitrogen and oxygen atoms in total. The highest BCUT2D eigenvalue weighted by atomic mass is 35.5. The topological polar surface area (TPSA) is 20.3 Å². The lowest BCUT2D eigenvalue weighted by Crippen LogP contribution is -2.25. The van der Waals surface area contributed by atoms with E-state index in [1.165, 1.54) is 17.0 Å². The molecule has 0 aliphatic rings. The van der Waals surface area contributed by atoms with Crippen LogP contribution in [-0.2, 0) is 4.79 Å². The highest BCUT2D eigenvalue weighted by Gasteiger charge is 2.19. The van der Waals surface area contributed by atoms with Gasteiger partial charge in [-0.05, 0) is 24.1 Å². The van der Waals surface area contributed by atoms with Crippen molar-refractivity contribution in [2.75, 3.05) is 14.1 Å². The Kier molecular flexibility index (Phi) is 3.69. The number of hydrogen-bond donors (Lipinski definition) is 0. The van der Waals surface area contributed by atoms with Gasteiger partial charge in [0.2, 0.25) is 5.91 Å². The smallest absolute Gasteiger partial charge is 0.244 e. The zero-order valence-electron chi connectivity index (χ0n) is 8.92. The third kappa shape index (κ3) is 2.69. The Hall–Kier alpha value is -1.09. The van der Waals surface area contributed by atoms with Crippen LogP contribution >= 0.6 is 11.6 Å². The second-order valence-electron chi connectivity index (χ2n) is 3.60. The third-order valence-electron chi connectivity index (χ3n) is 2.13. The van der Waals surface area contributed by atoms with Crippen LogP contribution in [0.5, 0.6) is 0 Å². The first-order valence-electron chi connectivity index (χ1n) is 4.54. The molecule has 82 valence electrons. The fraction of sp³-hybridized carbons (Fsp3) is 0.364. The van der Waals surface area contributed by atoms with Gasteiger partial charge in [-0.25, -0.2) is 4.39 Å². The predicted octanol–water partition coefficient (Wildman–Crippen LogP) is 2.50. The molecule has 0 fully saturated rings. The van der Waals surface area contributed by atoms with E-state index in [4.69, 9.17) is 11.6 Å². The molecule has 0 aromatic heterocycles. The van der Waals surface area contributed by atoms with Crippen molar-refractivity contribution in [2.24, 2.45) is 0 Å². The minimum Gasteiger partial charge on any atom is -0.347 e. The zero-order valence-corrected chi connectivity index (χ0v) is 9.68. The quantitative estimate of drug-likeness (QED) is 0.714. The lowest BCUT2D eigenvalue weighted by Gasteiger charge is -2.15. The highest BCUT2D eigenvalue weighted by Crippen LogP contribution is 2.23. The molecule has 0 N–H and O–H groups in total. The van der Waals surface area contributed by atoms with E-state index in [0.29, 0.717) is 11.1 Å². The van der Waals surface area contributed by atoms with Crippen molar-refractivity contribution in [2.45, 2.75) is 12.3 Å². The van der Waals surface area contributed by atoms with Gasteiger partial charge in [0, 0.05) is 14.1 Å². The van der Waals surface area contributed by atoms with Gasteiger partial charge in [0.25, 0.3) is 0 Å². The molecule has 0 radical (unpaired) electrons. The number of alkyl halides is 1. The summed E-state index contributed by atoms with van der Waals surface area (Å²) in [6, 6.07) is 4.44. The number of amides is 1. The summed E-state index contributed by atoms with van der Waals surface area (Å²) in [4.78, 5) is 13.0. The van der Waals surface area contributed by atoms with E-state index in [1.807, 2.05) is 0 Å². The maximum Gasteiger partial charge on any atom is 0.244 e. The van der Waals surface area contributed by atoms with Crippen LogP contribution in [0.3, 0.4) is 0 Å². The van der Waals surface area contributed by atoms with Crippen LogP contribution in [-0.4, -0.2) is 24.9 Å². The molecule has 1 aromatic rings. The third-order valence-corrected chi connectivity index (χ3v) is 2.57. The van der Waals surface area contributed by atoms with Gasteiger partial charge in [0.1, 0.15) is 11.2 Å². The van der Waals surface area contributed by atoms with E-state index in [0.717, 1.165) is 0 Å². The molecule has 0 aliphatic heterocycles. The molecule has 1 amide bonds. The van der Waals surface area contributed by atoms with Crippen LogP contribution in [0.2, 0.25) is 0 Å². The number of benzene rings is 1. The Morgan fingerprint density at radius 1 is 1.47 bits per heavy atom. The van der Waals surface area contributed by atoms with Crippen LogP contribution in [0, 0.1) is 12.7 Å². The van der Waals surface area contributed by atoms with Crippen molar-refractivity contribution >= 4 is 17.5 Å². The van der Waals surface area contributed by atoms with Crippen LogP contribution < -0.4 is 0 Å². The first-order valence-corrected chi connectivity index (χ1v) is 4.98. The fourth-order valence-corrected chi connectivity index (χ4v) is 1.53. The van der Waals surface area contributed by atoms with Crippen LogP contribution in [0.15, 0.2) is 18.2 Å². The molecule has 1 rings (SSSR count). The van der Waals surface area contributed by atoms with Gasteiger partial charge in [-0.3, -0.25) is 4.79 Å². The normalized spacial score (nSPS) is 12.3. The van der Waals surface area contributed by atoms with E-state index < -0.39 is 5.38 Å². The summed E-state index contributed by atoms with van der Waals surface area (Å²) >= 11 is 5.96. The largest absolute Gasteiger partial charge is 0.347 e. The molecular weight excluding hydrogens is 217 g/mol. The summed E-state index contributed by atoms with van der Waals surface area (Å²) in [6.45, 7) is 1.64. The molecule has 1 atom stereocenters. The van der Waals surface area contributed by atoms with Gasteiger partial charge in [-0.2, -0.15) is 0 Å². The summed E-state index contributed by atoms with van der Waals surface area (Å²) in [7, 11) is 3.27. The standard InChI is InChI=1S/C11H13ClFNO/c1-7-6-8(4-5-9(7)13)10(12)11(15)14(2)3/h4-6,10H,1-3H3. The predicted molar refractivity (Wildman–Crippen MR) is 58.4 cm³/mol. The van der Waals surface area contributed by atoms with Gasteiger partial charge >= 0.3 is 0 Å². The van der Waals surface area contributed by atoms with Crippen molar-refractivity contribution in [1.29, 1.82) is 0 Å². The summed E-state index contributed by atoms with van der Waals surface area (Å²) in [6.07, 6.45) is 0. The number of carbonyl (C=O) groups is 1. The van der Waals surface area contributed by atoms with Crippen LogP contribution in [0.1, 0.15) is 16.5 Å². The van der Waals surface area contributed by atoms with Gasteiger partial charge in [0.05, 0.1) is 0 Å². The fourth-order valence-electron chi connectivity index (χ4n) is 1.19. The average Bonchev–Trinajstić information content (AvgIpc) is 2.19. The number of carbonyl (C=O) groups excluding carboxylic acids is 1. The first kappa shape index (κ1) is 12.0. The summed E-state index contributed by atoms with van der Waals surface area (Å²) < 4.78 is 13.0. The van der Waals surface area contributed by atoms with E-state index in [2.05, 4.69) is 0 Å². The number of hydrogen-bond acceptors (Lipinski definition) is 1.